The first-order valence-electron chi connectivity index (χ1n) is 7.91. The Labute approximate surface area is 123 Å². The van der Waals surface area contributed by atoms with E-state index in [4.69, 9.17) is 4.74 Å². The van der Waals surface area contributed by atoms with Crippen LogP contribution in [0.4, 0.5) is 0 Å². The van der Waals surface area contributed by atoms with Crippen molar-refractivity contribution in [1.29, 1.82) is 0 Å². The molecule has 0 saturated carbocycles. The lowest BCUT2D eigenvalue weighted by Gasteiger charge is -2.31. The Morgan fingerprint density at radius 2 is 2.05 bits per heavy atom. The van der Waals surface area contributed by atoms with Crippen molar-refractivity contribution in [2.75, 3.05) is 13.2 Å². The number of para-hydroxylation sites is 1. The van der Waals surface area contributed by atoms with E-state index in [0.717, 1.165) is 31.7 Å². The minimum atomic E-state index is 0.340. The summed E-state index contributed by atoms with van der Waals surface area (Å²) in [5.74, 6) is 1.79. The highest BCUT2D eigenvalue weighted by Crippen LogP contribution is 2.39. The first kappa shape index (κ1) is 15.4. The molecule has 1 aliphatic heterocycles. The Morgan fingerprint density at radius 3 is 2.70 bits per heavy atom. The predicted octanol–water partition coefficient (Wildman–Crippen LogP) is 4.34. The fraction of sp³-hybridized carbons (Fsp3) is 0.667. The van der Waals surface area contributed by atoms with Crippen LogP contribution in [0.1, 0.15) is 58.2 Å². The molecule has 0 fully saturated rings. The van der Waals surface area contributed by atoms with Gasteiger partial charge in [-0.2, -0.15) is 0 Å². The molecule has 0 amide bonds. The maximum Gasteiger partial charge on any atom is 0.127 e. The largest absolute Gasteiger partial charge is 0.493 e. The zero-order chi connectivity index (χ0) is 14.8. The molecule has 1 aromatic rings. The molecule has 0 bridgehead atoms. The van der Waals surface area contributed by atoms with Crippen LogP contribution in [0.25, 0.3) is 0 Å². The van der Waals surface area contributed by atoms with Crippen molar-refractivity contribution < 1.29 is 4.74 Å². The summed E-state index contributed by atoms with van der Waals surface area (Å²) in [4.78, 5) is 0. The Balaban J connectivity index is 2.23. The number of hydrogen-bond acceptors (Lipinski definition) is 2. The van der Waals surface area contributed by atoms with Crippen molar-refractivity contribution in [3.05, 3.63) is 29.3 Å². The first-order chi connectivity index (χ1) is 9.43. The third-order valence-corrected chi connectivity index (χ3v) is 4.64. The normalized spacial score (nSPS) is 17.4. The molecule has 1 aromatic carbocycles. The maximum absolute atomic E-state index is 5.88. The smallest absolute Gasteiger partial charge is 0.127 e. The summed E-state index contributed by atoms with van der Waals surface area (Å²) in [6.45, 7) is 13.3. The molecule has 0 aromatic heterocycles. The van der Waals surface area contributed by atoms with Gasteiger partial charge in [-0.1, -0.05) is 52.8 Å². The molecule has 2 atom stereocenters. The average molecular weight is 275 g/mol. The summed E-state index contributed by atoms with van der Waals surface area (Å²) in [5, 5.41) is 3.65. The highest BCUT2D eigenvalue weighted by Gasteiger charge is 2.27. The first-order valence-corrected chi connectivity index (χ1v) is 7.91. The van der Waals surface area contributed by atoms with Gasteiger partial charge in [0.25, 0.3) is 0 Å². The van der Waals surface area contributed by atoms with Crippen LogP contribution < -0.4 is 10.1 Å². The van der Waals surface area contributed by atoms with Gasteiger partial charge in [0.15, 0.2) is 0 Å². The third-order valence-electron chi connectivity index (χ3n) is 4.64. The molecule has 0 radical (unpaired) electrons. The molecule has 0 spiro atoms. The van der Waals surface area contributed by atoms with Crippen LogP contribution in [0.2, 0.25) is 0 Å². The molecule has 2 unspecified atom stereocenters. The molecular weight excluding hydrogens is 246 g/mol. The van der Waals surface area contributed by atoms with Crippen molar-refractivity contribution in [2.45, 2.75) is 53.5 Å². The Morgan fingerprint density at radius 1 is 1.30 bits per heavy atom. The highest BCUT2D eigenvalue weighted by atomic mass is 16.5. The van der Waals surface area contributed by atoms with E-state index < -0.39 is 0 Å². The van der Waals surface area contributed by atoms with Gasteiger partial charge in [-0.25, -0.2) is 0 Å². The molecule has 0 saturated heterocycles. The second-order valence-electron chi connectivity index (χ2n) is 7.05. The monoisotopic (exact) mass is 275 g/mol. The van der Waals surface area contributed by atoms with Gasteiger partial charge in [0.1, 0.15) is 5.75 Å². The summed E-state index contributed by atoms with van der Waals surface area (Å²) >= 11 is 0. The van der Waals surface area contributed by atoms with Gasteiger partial charge in [0, 0.05) is 18.0 Å². The van der Waals surface area contributed by atoms with Crippen molar-refractivity contribution in [3.8, 4) is 5.75 Å². The molecule has 20 heavy (non-hydrogen) atoms. The zero-order valence-corrected chi connectivity index (χ0v) is 13.6. The standard InChI is InChI=1S/C18H29NO/c1-6-19-16(12-13(2)18(3,4)5)15-9-7-8-14-10-11-20-17(14)15/h7-9,13,16,19H,6,10-12H2,1-5H3. The molecule has 1 aliphatic rings. The molecule has 0 aliphatic carbocycles. The van der Waals surface area contributed by atoms with Crippen LogP contribution in [-0.4, -0.2) is 13.2 Å². The van der Waals surface area contributed by atoms with Crippen LogP contribution in [0, 0.1) is 11.3 Å². The minimum absolute atomic E-state index is 0.340. The lowest BCUT2D eigenvalue weighted by Crippen LogP contribution is -2.27. The molecule has 2 rings (SSSR count). The lowest BCUT2D eigenvalue weighted by atomic mass is 9.77. The molecule has 2 heteroatoms. The minimum Gasteiger partial charge on any atom is -0.493 e. The number of nitrogens with one attached hydrogen (secondary N) is 1. The van der Waals surface area contributed by atoms with Crippen LogP contribution in [0.5, 0.6) is 5.75 Å². The molecule has 2 nitrogen and oxygen atoms in total. The van der Waals surface area contributed by atoms with Gasteiger partial charge < -0.3 is 10.1 Å². The Hall–Kier alpha value is -1.02. The van der Waals surface area contributed by atoms with Crippen molar-refractivity contribution in [3.63, 3.8) is 0 Å². The van der Waals surface area contributed by atoms with Gasteiger partial charge >= 0.3 is 0 Å². The van der Waals surface area contributed by atoms with Crippen LogP contribution >= 0.6 is 0 Å². The SMILES string of the molecule is CCNC(CC(C)C(C)(C)C)c1cccc2c1OCC2. The predicted molar refractivity (Wildman–Crippen MR) is 85.3 cm³/mol. The summed E-state index contributed by atoms with van der Waals surface area (Å²) in [6.07, 6.45) is 2.20. The fourth-order valence-corrected chi connectivity index (χ4v) is 2.79. The summed E-state index contributed by atoms with van der Waals surface area (Å²) in [5.41, 5.74) is 3.05. The fourth-order valence-electron chi connectivity index (χ4n) is 2.79. The molecule has 1 heterocycles. The quantitative estimate of drug-likeness (QED) is 0.863. The van der Waals surface area contributed by atoms with E-state index in [1.165, 1.54) is 11.1 Å². The summed E-state index contributed by atoms with van der Waals surface area (Å²) in [7, 11) is 0. The van der Waals surface area contributed by atoms with Crippen molar-refractivity contribution >= 4 is 0 Å². The van der Waals surface area contributed by atoms with Gasteiger partial charge in [-0.05, 0) is 29.9 Å². The van der Waals surface area contributed by atoms with Crippen LogP contribution in [0.3, 0.4) is 0 Å². The summed E-state index contributed by atoms with van der Waals surface area (Å²) in [6, 6.07) is 6.99. The van der Waals surface area contributed by atoms with Gasteiger partial charge in [0.2, 0.25) is 0 Å². The van der Waals surface area contributed by atoms with E-state index in [0.29, 0.717) is 17.4 Å². The van der Waals surface area contributed by atoms with E-state index in [2.05, 4.69) is 58.1 Å². The van der Waals surface area contributed by atoms with Crippen molar-refractivity contribution in [2.24, 2.45) is 11.3 Å². The Kier molecular flexibility index (Phi) is 4.74. The van der Waals surface area contributed by atoms with E-state index in [1.54, 1.807) is 0 Å². The van der Waals surface area contributed by atoms with E-state index in [9.17, 15) is 0 Å². The van der Waals surface area contributed by atoms with E-state index >= 15 is 0 Å². The average Bonchev–Trinajstić information content (AvgIpc) is 2.85. The molecular formula is C18H29NO. The van der Waals surface area contributed by atoms with Gasteiger partial charge in [0.05, 0.1) is 6.61 Å². The van der Waals surface area contributed by atoms with E-state index in [1.807, 2.05) is 0 Å². The number of ether oxygens (including phenoxy) is 1. The number of hydrogen-bond donors (Lipinski definition) is 1. The maximum atomic E-state index is 5.88. The second-order valence-corrected chi connectivity index (χ2v) is 7.05. The van der Waals surface area contributed by atoms with Gasteiger partial charge in [-0.15, -0.1) is 0 Å². The molecule has 112 valence electrons. The van der Waals surface area contributed by atoms with Gasteiger partial charge in [-0.3, -0.25) is 0 Å². The molecule has 1 N–H and O–H groups in total. The Bertz CT molecular complexity index is 447. The highest BCUT2D eigenvalue weighted by molar-refractivity contribution is 5.45. The zero-order valence-electron chi connectivity index (χ0n) is 13.6. The van der Waals surface area contributed by atoms with Crippen LogP contribution in [-0.2, 0) is 6.42 Å². The lowest BCUT2D eigenvalue weighted by molar-refractivity contribution is 0.222. The second kappa shape index (κ2) is 6.17. The topological polar surface area (TPSA) is 21.3 Å². The number of fused-ring (bicyclic) bond motifs is 1. The third kappa shape index (κ3) is 3.35. The summed E-state index contributed by atoms with van der Waals surface area (Å²) < 4.78 is 5.88. The number of rotatable bonds is 5. The van der Waals surface area contributed by atoms with Crippen molar-refractivity contribution in [1.82, 2.24) is 5.32 Å². The number of benzene rings is 1. The van der Waals surface area contributed by atoms with Crippen LogP contribution in [0.15, 0.2) is 18.2 Å². The van der Waals surface area contributed by atoms with E-state index in [-0.39, 0.29) is 0 Å².